The van der Waals surface area contributed by atoms with Crippen molar-refractivity contribution in [1.29, 1.82) is 0 Å². The molecular weight excluding hydrogens is 326 g/mol. The van der Waals surface area contributed by atoms with E-state index in [1.807, 2.05) is 29.2 Å². The fourth-order valence-electron chi connectivity index (χ4n) is 3.03. The van der Waals surface area contributed by atoms with Gasteiger partial charge in [-0.05, 0) is 31.0 Å². The second-order valence-electron chi connectivity index (χ2n) is 6.04. The number of rotatable bonds is 7. The number of hydrogen-bond donors (Lipinski definition) is 1. The zero-order chi connectivity index (χ0) is 17.0. The smallest absolute Gasteiger partial charge is 0.211 e. The van der Waals surface area contributed by atoms with Crippen LogP contribution in [0, 0.1) is 0 Å². The Hall–Kier alpha value is -1.77. The zero-order valence-electron chi connectivity index (χ0n) is 13.8. The molecule has 130 valence electrons. The first-order valence-corrected chi connectivity index (χ1v) is 9.83. The van der Waals surface area contributed by atoms with Gasteiger partial charge in [-0.2, -0.15) is 5.10 Å². The van der Waals surface area contributed by atoms with Gasteiger partial charge in [0.2, 0.25) is 10.0 Å². The zero-order valence-corrected chi connectivity index (χ0v) is 14.6. The van der Waals surface area contributed by atoms with Crippen LogP contribution in [0.15, 0.2) is 36.8 Å². The van der Waals surface area contributed by atoms with E-state index in [1.165, 1.54) is 5.56 Å². The molecule has 0 aliphatic carbocycles. The number of fused-ring (bicyclic) bond motifs is 1. The summed E-state index contributed by atoms with van der Waals surface area (Å²) >= 11 is 0. The van der Waals surface area contributed by atoms with Gasteiger partial charge in [-0.1, -0.05) is 6.07 Å². The molecule has 3 heterocycles. The lowest BCUT2D eigenvalue weighted by atomic mass is 10.1. The molecule has 1 aliphatic rings. The molecule has 0 fully saturated rings. The van der Waals surface area contributed by atoms with E-state index < -0.39 is 10.0 Å². The van der Waals surface area contributed by atoms with Crippen molar-refractivity contribution in [2.75, 3.05) is 18.8 Å². The van der Waals surface area contributed by atoms with Crippen LogP contribution < -0.4 is 4.72 Å². The van der Waals surface area contributed by atoms with Gasteiger partial charge < -0.3 is 0 Å². The first kappa shape index (κ1) is 17.1. The SMILES string of the molecule is CCS(=O)(=O)NCC[C@H]1CN(Cc2cccnc2)Cc2ccnn21. The Balaban J connectivity index is 1.65. The van der Waals surface area contributed by atoms with Crippen molar-refractivity contribution in [3.63, 3.8) is 0 Å². The topological polar surface area (TPSA) is 80.1 Å². The van der Waals surface area contributed by atoms with Gasteiger partial charge in [-0.15, -0.1) is 0 Å². The maximum Gasteiger partial charge on any atom is 0.211 e. The predicted molar refractivity (Wildman–Crippen MR) is 91.7 cm³/mol. The van der Waals surface area contributed by atoms with Gasteiger partial charge in [0.15, 0.2) is 0 Å². The lowest BCUT2D eigenvalue weighted by Gasteiger charge is -2.34. The third-order valence-corrected chi connectivity index (χ3v) is 5.67. The summed E-state index contributed by atoms with van der Waals surface area (Å²) in [5.41, 5.74) is 2.34. The fourth-order valence-corrected chi connectivity index (χ4v) is 3.66. The van der Waals surface area contributed by atoms with Crippen LogP contribution in [0.4, 0.5) is 0 Å². The molecule has 0 saturated carbocycles. The quantitative estimate of drug-likeness (QED) is 0.811. The van der Waals surface area contributed by atoms with E-state index >= 15 is 0 Å². The van der Waals surface area contributed by atoms with Gasteiger partial charge in [0, 0.05) is 44.8 Å². The highest BCUT2D eigenvalue weighted by molar-refractivity contribution is 7.89. The maximum absolute atomic E-state index is 11.6. The van der Waals surface area contributed by atoms with Crippen molar-refractivity contribution in [2.24, 2.45) is 0 Å². The van der Waals surface area contributed by atoms with Crippen molar-refractivity contribution in [1.82, 2.24) is 24.4 Å². The van der Waals surface area contributed by atoms with Crippen molar-refractivity contribution < 1.29 is 8.42 Å². The first-order valence-electron chi connectivity index (χ1n) is 8.18. The summed E-state index contributed by atoms with van der Waals surface area (Å²) < 4.78 is 27.9. The molecule has 0 amide bonds. The predicted octanol–water partition coefficient (Wildman–Crippen LogP) is 1.16. The molecule has 0 spiro atoms. The Morgan fingerprint density at radius 1 is 1.33 bits per heavy atom. The van der Waals surface area contributed by atoms with Crippen LogP contribution in [0.1, 0.15) is 30.6 Å². The summed E-state index contributed by atoms with van der Waals surface area (Å²) in [5, 5.41) is 4.42. The van der Waals surface area contributed by atoms with Crippen molar-refractivity contribution in [3.8, 4) is 0 Å². The summed E-state index contributed by atoms with van der Waals surface area (Å²) in [5.74, 6) is 0.109. The van der Waals surface area contributed by atoms with Crippen LogP contribution in [0.25, 0.3) is 0 Å². The molecule has 2 aromatic heterocycles. The van der Waals surface area contributed by atoms with Gasteiger partial charge in [-0.3, -0.25) is 14.6 Å². The summed E-state index contributed by atoms with van der Waals surface area (Å²) in [4.78, 5) is 6.52. The Labute approximate surface area is 142 Å². The normalized spacial score (nSPS) is 18.5. The molecule has 0 aromatic carbocycles. The summed E-state index contributed by atoms with van der Waals surface area (Å²) in [6.07, 6.45) is 6.19. The minimum atomic E-state index is -3.15. The number of aromatic nitrogens is 3. The Kier molecular flexibility index (Phi) is 5.27. The summed E-state index contributed by atoms with van der Waals surface area (Å²) in [6, 6.07) is 6.21. The number of hydrogen-bond acceptors (Lipinski definition) is 5. The second kappa shape index (κ2) is 7.42. The Morgan fingerprint density at radius 3 is 2.96 bits per heavy atom. The number of nitrogens with zero attached hydrogens (tertiary/aromatic N) is 4. The molecular formula is C16H23N5O2S. The Morgan fingerprint density at radius 2 is 2.21 bits per heavy atom. The molecule has 24 heavy (non-hydrogen) atoms. The molecule has 2 aromatic rings. The highest BCUT2D eigenvalue weighted by Gasteiger charge is 2.25. The van der Waals surface area contributed by atoms with E-state index in [2.05, 4.69) is 25.8 Å². The number of pyridine rings is 1. The van der Waals surface area contributed by atoms with Gasteiger partial charge in [-0.25, -0.2) is 13.1 Å². The standard InChI is InChI=1S/C16H23N5O2S/c1-2-24(22,23)19-9-6-16-13-20(11-14-4-3-7-17-10-14)12-15-5-8-18-21(15)16/h3-5,7-8,10,16,19H,2,6,9,11-13H2,1H3/t16-/m0/s1. The first-order chi connectivity index (χ1) is 11.6. The molecule has 3 rings (SSSR count). The lowest BCUT2D eigenvalue weighted by Crippen LogP contribution is -2.39. The molecule has 1 atom stereocenters. The van der Waals surface area contributed by atoms with Gasteiger partial charge >= 0.3 is 0 Å². The highest BCUT2D eigenvalue weighted by Crippen LogP contribution is 2.24. The van der Waals surface area contributed by atoms with E-state index in [1.54, 1.807) is 13.1 Å². The average Bonchev–Trinajstić information content (AvgIpc) is 3.04. The summed E-state index contributed by atoms with van der Waals surface area (Å²) in [6.45, 7) is 4.59. The van der Waals surface area contributed by atoms with Crippen molar-refractivity contribution in [2.45, 2.75) is 32.5 Å². The molecule has 0 bridgehead atoms. The lowest BCUT2D eigenvalue weighted by molar-refractivity contribution is 0.162. The Bertz CT molecular complexity index is 760. The fraction of sp³-hybridized carbons (Fsp3) is 0.500. The minimum Gasteiger partial charge on any atom is -0.291 e. The molecule has 1 N–H and O–H groups in total. The van der Waals surface area contributed by atoms with E-state index in [-0.39, 0.29) is 11.8 Å². The van der Waals surface area contributed by atoms with E-state index in [0.717, 1.165) is 31.7 Å². The van der Waals surface area contributed by atoms with Gasteiger partial charge in [0.25, 0.3) is 0 Å². The van der Waals surface area contributed by atoms with Crippen LogP contribution in [-0.2, 0) is 23.1 Å². The van der Waals surface area contributed by atoms with E-state index in [0.29, 0.717) is 6.54 Å². The molecule has 8 heteroatoms. The monoisotopic (exact) mass is 349 g/mol. The number of sulfonamides is 1. The van der Waals surface area contributed by atoms with Crippen LogP contribution in [0.2, 0.25) is 0 Å². The largest absolute Gasteiger partial charge is 0.291 e. The third kappa shape index (κ3) is 4.19. The molecule has 1 aliphatic heterocycles. The van der Waals surface area contributed by atoms with Gasteiger partial charge in [0.05, 0.1) is 17.5 Å². The highest BCUT2D eigenvalue weighted by atomic mass is 32.2. The maximum atomic E-state index is 11.6. The van der Waals surface area contributed by atoms with E-state index in [9.17, 15) is 8.42 Å². The van der Waals surface area contributed by atoms with Crippen molar-refractivity contribution >= 4 is 10.0 Å². The van der Waals surface area contributed by atoms with Crippen LogP contribution in [-0.4, -0.2) is 46.9 Å². The van der Waals surface area contributed by atoms with Crippen LogP contribution >= 0.6 is 0 Å². The third-order valence-electron chi connectivity index (χ3n) is 4.26. The molecule has 0 saturated heterocycles. The van der Waals surface area contributed by atoms with Crippen LogP contribution in [0.5, 0.6) is 0 Å². The molecule has 7 nitrogen and oxygen atoms in total. The van der Waals surface area contributed by atoms with Crippen molar-refractivity contribution in [3.05, 3.63) is 48.0 Å². The average molecular weight is 349 g/mol. The molecule has 0 unspecified atom stereocenters. The van der Waals surface area contributed by atoms with E-state index in [4.69, 9.17) is 0 Å². The number of nitrogens with one attached hydrogen (secondary N) is 1. The van der Waals surface area contributed by atoms with Crippen LogP contribution in [0.3, 0.4) is 0 Å². The summed E-state index contributed by atoms with van der Waals surface area (Å²) in [7, 11) is -3.15. The minimum absolute atomic E-state index is 0.109. The molecule has 0 radical (unpaired) electrons. The second-order valence-corrected chi connectivity index (χ2v) is 8.13. The van der Waals surface area contributed by atoms with Gasteiger partial charge in [0.1, 0.15) is 0 Å².